The van der Waals surface area contributed by atoms with Crippen molar-refractivity contribution in [3.8, 4) is 0 Å². The van der Waals surface area contributed by atoms with Gasteiger partial charge >= 0.3 is 6.18 Å². The van der Waals surface area contributed by atoms with E-state index in [2.05, 4.69) is 35.8 Å². The molecule has 0 aliphatic heterocycles. The Balaban J connectivity index is 1.80. The number of allylic oxidation sites excluding steroid dienone is 2. The third kappa shape index (κ3) is 7.55. The Hall–Kier alpha value is -2.95. The van der Waals surface area contributed by atoms with Crippen LogP contribution < -0.4 is 10.0 Å². The van der Waals surface area contributed by atoms with Crippen molar-refractivity contribution in [2.45, 2.75) is 65.6 Å². The highest BCUT2D eigenvalue weighted by atomic mass is 32.2. The number of aromatic nitrogens is 1. The van der Waals surface area contributed by atoms with E-state index in [1.807, 2.05) is 6.08 Å². The fraction of sp³-hybridized carbons (Fsp3) is 0.481. The van der Waals surface area contributed by atoms with Crippen LogP contribution in [0.5, 0.6) is 0 Å². The van der Waals surface area contributed by atoms with Gasteiger partial charge in [-0.15, -0.1) is 0 Å². The predicted octanol–water partition coefficient (Wildman–Crippen LogP) is 6.26. The first kappa shape index (κ1) is 29.6. The molecule has 1 aromatic heterocycles. The van der Waals surface area contributed by atoms with Crippen molar-refractivity contribution in [2.75, 3.05) is 11.0 Å². The molecular weight excluding hydrogens is 522 g/mol. The lowest BCUT2D eigenvalue weighted by Crippen LogP contribution is -2.28. The molecule has 11 heteroatoms. The molecule has 2 unspecified atom stereocenters. The fourth-order valence-corrected chi connectivity index (χ4v) is 5.04. The first-order valence-corrected chi connectivity index (χ1v) is 14.2. The topological polar surface area (TPSA) is 88.2 Å². The molecule has 2 N–H and O–H groups in total. The zero-order chi connectivity index (χ0) is 28.5. The molecule has 0 saturated carbocycles. The minimum atomic E-state index is -4.60. The zero-order valence-corrected chi connectivity index (χ0v) is 22.9. The molecule has 0 fully saturated rings. The maximum Gasteiger partial charge on any atom is 0.433 e. The fourth-order valence-electron chi connectivity index (χ4n) is 4.47. The predicted molar refractivity (Wildman–Crippen MR) is 139 cm³/mol. The zero-order valence-electron chi connectivity index (χ0n) is 22.0. The lowest BCUT2D eigenvalue weighted by molar-refractivity contribution is -0.141. The van der Waals surface area contributed by atoms with Gasteiger partial charge in [-0.2, -0.15) is 13.2 Å². The Morgan fingerprint density at radius 2 is 1.84 bits per heavy atom. The molecule has 208 valence electrons. The first-order valence-electron chi connectivity index (χ1n) is 12.3. The number of hydrogen-bond acceptors (Lipinski definition) is 4. The molecule has 1 aliphatic rings. The summed E-state index contributed by atoms with van der Waals surface area (Å²) in [5, 5.41) is 2.72. The van der Waals surface area contributed by atoms with Gasteiger partial charge < -0.3 is 5.32 Å². The average molecular weight is 556 g/mol. The van der Waals surface area contributed by atoms with Crippen LogP contribution in [-0.2, 0) is 27.5 Å². The molecular formula is C27H33F4N3O3S. The lowest BCUT2D eigenvalue weighted by Gasteiger charge is -2.33. The molecule has 1 amide bonds. The summed E-state index contributed by atoms with van der Waals surface area (Å²) in [4.78, 5) is 16.8. The average Bonchev–Trinajstić information content (AvgIpc) is 2.81. The minimum Gasteiger partial charge on any atom is -0.351 e. The van der Waals surface area contributed by atoms with E-state index in [1.54, 1.807) is 6.92 Å². The molecule has 1 aromatic carbocycles. The van der Waals surface area contributed by atoms with E-state index in [-0.39, 0.29) is 23.3 Å². The van der Waals surface area contributed by atoms with Gasteiger partial charge in [-0.05, 0) is 72.4 Å². The molecule has 2 aromatic rings. The van der Waals surface area contributed by atoms with Crippen LogP contribution in [0.4, 0.5) is 23.2 Å². The van der Waals surface area contributed by atoms with Gasteiger partial charge in [0.05, 0.1) is 23.6 Å². The number of anilines is 1. The summed E-state index contributed by atoms with van der Waals surface area (Å²) in [7, 11) is -3.67. The third-order valence-corrected chi connectivity index (χ3v) is 7.43. The molecule has 0 radical (unpaired) electrons. The van der Waals surface area contributed by atoms with Gasteiger partial charge in [0, 0.05) is 6.54 Å². The van der Waals surface area contributed by atoms with Crippen molar-refractivity contribution in [2.24, 2.45) is 11.3 Å². The molecule has 38 heavy (non-hydrogen) atoms. The second-order valence-electron chi connectivity index (χ2n) is 10.8. The van der Waals surface area contributed by atoms with Gasteiger partial charge in [0.15, 0.2) is 0 Å². The van der Waals surface area contributed by atoms with E-state index in [0.717, 1.165) is 36.8 Å². The highest BCUT2D eigenvalue weighted by molar-refractivity contribution is 7.92. The number of alkyl halides is 3. The maximum atomic E-state index is 14.4. The van der Waals surface area contributed by atoms with Gasteiger partial charge in [0.2, 0.25) is 15.9 Å². The Labute approximate surface area is 221 Å². The normalized spacial score (nSPS) is 17.5. The van der Waals surface area contributed by atoms with E-state index in [9.17, 15) is 30.8 Å². The van der Waals surface area contributed by atoms with Gasteiger partial charge in [-0.1, -0.05) is 39.0 Å². The summed E-state index contributed by atoms with van der Waals surface area (Å²) >= 11 is 0. The number of halogens is 4. The van der Waals surface area contributed by atoms with Crippen LogP contribution in [0.25, 0.3) is 5.57 Å². The van der Waals surface area contributed by atoms with E-state index in [0.29, 0.717) is 23.5 Å². The van der Waals surface area contributed by atoms with Gasteiger partial charge in [-0.3, -0.25) is 9.52 Å². The molecule has 0 saturated heterocycles. The van der Waals surface area contributed by atoms with Crippen LogP contribution in [0.15, 0.2) is 36.4 Å². The summed E-state index contributed by atoms with van der Waals surface area (Å²) in [5.41, 5.74) is 0.569. The van der Waals surface area contributed by atoms with Gasteiger partial charge in [-0.25, -0.2) is 17.8 Å². The van der Waals surface area contributed by atoms with Crippen LogP contribution in [0.2, 0.25) is 0 Å². The number of carbonyl (C=O) groups excluding carboxylic acids is 1. The molecule has 2 atom stereocenters. The van der Waals surface area contributed by atoms with Crippen molar-refractivity contribution in [3.63, 3.8) is 0 Å². The van der Waals surface area contributed by atoms with Crippen LogP contribution >= 0.6 is 0 Å². The van der Waals surface area contributed by atoms with E-state index in [1.165, 1.54) is 18.2 Å². The number of amides is 1. The smallest absolute Gasteiger partial charge is 0.351 e. The van der Waals surface area contributed by atoms with Crippen molar-refractivity contribution < 1.29 is 30.8 Å². The number of nitrogens with one attached hydrogen (secondary N) is 2. The second kappa shape index (κ2) is 11.0. The van der Waals surface area contributed by atoms with Crippen molar-refractivity contribution in [1.29, 1.82) is 0 Å². The molecule has 3 rings (SSSR count). The number of hydrogen-bond donors (Lipinski definition) is 2. The van der Waals surface area contributed by atoms with E-state index >= 15 is 0 Å². The SMILES string of the molecule is CC(C(=O)NCc1ccc(C(F)(F)F)nc1C1=CCC(C(C)(C)C)CC1)c1ccc(NS(C)(=O)=O)c(F)c1. The van der Waals surface area contributed by atoms with Crippen LogP contribution in [0.3, 0.4) is 0 Å². The van der Waals surface area contributed by atoms with Crippen LogP contribution in [0, 0.1) is 17.2 Å². The van der Waals surface area contributed by atoms with Crippen LogP contribution in [0.1, 0.15) is 75.4 Å². The van der Waals surface area contributed by atoms with Crippen molar-refractivity contribution >= 4 is 27.2 Å². The van der Waals surface area contributed by atoms with Crippen LogP contribution in [-0.4, -0.2) is 25.6 Å². The summed E-state index contributed by atoms with van der Waals surface area (Å²) in [6, 6.07) is 5.97. The van der Waals surface area contributed by atoms with Crippen molar-refractivity contribution in [3.05, 3.63) is 64.7 Å². The Morgan fingerprint density at radius 3 is 2.37 bits per heavy atom. The van der Waals surface area contributed by atoms with Gasteiger partial charge in [0.25, 0.3) is 0 Å². The number of benzene rings is 1. The summed E-state index contributed by atoms with van der Waals surface area (Å²) in [6.45, 7) is 7.92. The Morgan fingerprint density at radius 1 is 1.16 bits per heavy atom. The van der Waals surface area contributed by atoms with E-state index in [4.69, 9.17) is 0 Å². The highest BCUT2D eigenvalue weighted by Crippen LogP contribution is 2.40. The summed E-state index contributed by atoms with van der Waals surface area (Å²) in [5.74, 6) is -1.70. The monoisotopic (exact) mass is 555 g/mol. The first-order chi connectivity index (χ1) is 17.5. The number of rotatable bonds is 7. The molecule has 6 nitrogen and oxygen atoms in total. The Bertz CT molecular complexity index is 1330. The number of nitrogens with zero attached hydrogens (tertiary/aromatic N) is 1. The third-order valence-electron chi connectivity index (χ3n) is 6.84. The number of carbonyl (C=O) groups is 1. The maximum absolute atomic E-state index is 14.4. The molecule has 1 aliphatic carbocycles. The second-order valence-corrected chi connectivity index (χ2v) is 12.6. The van der Waals surface area contributed by atoms with Crippen molar-refractivity contribution in [1.82, 2.24) is 10.3 Å². The minimum absolute atomic E-state index is 0.0557. The summed E-state index contributed by atoms with van der Waals surface area (Å²) in [6.07, 6.45) is 0.385. The van der Waals surface area contributed by atoms with E-state index < -0.39 is 39.5 Å². The molecule has 1 heterocycles. The Kier molecular flexibility index (Phi) is 8.60. The highest BCUT2D eigenvalue weighted by Gasteiger charge is 2.34. The molecule has 0 bridgehead atoms. The lowest BCUT2D eigenvalue weighted by atomic mass is 9.72. The van der Waals surface area contributed by atoms with Gasteiger partial charge in [0.1, 0.15) is 11.5 Å². The molecule has 0 spiro atoms. The number of sulfonamides is 1. The summed E-state index contributed by atoms with van der Waals surface area (Å²) < 4.78 is 79.4. The standard InChI is InChI=1S/C27H33F4N3O3S/c1-16(18-8-12-22(21(28)14-18)34-38(5,36)37)25(35)32-15-19-9-13-23(27(29,30)31)33-24(19)17-6-10-20(11-7-17)26(2,3)4/h6,8-9,12-14,16,20,34H,7,10-11,15H2,1-5H3,(H,32,35). The largest absolute Gasteiger partial charge is 0.433 e. The quantitative estimate of drug-likeness (QED) is 0.395. The number of pyridine rings is 1.